The number of piperazine rings is 1. The number of ether oxygens (including phenoxy) is 1. The monoisotopic (exact) mass is 522 g/mol. The number of nitrogens with zero attached hydrogens (tertiary/aromatic N) is 6. The number of fused-ring (bicyclic) bond motifs is 1. The van der Waals surface area contributed by atoms with E-state index in [1.54, 1.807) is 23.5 Å². The van der Waals surface area contributed by atoms with Gasteiger partial charge in [-0.15, -0.1) is 0 Å². The van der Waals surface area contributed by atoms with E-state index in [9.17, 15) is 9.59 Å². The van der Waals surface area contributed by atoms with Gasteiger partial charge >= 0.3 is 0 Å². The Morgan fingerprint density at radius 1 is 0.973 bits per heavy atom. The third-order valence-electron chi connectivity index (χ3n) is 6.87. The molecule has 0 radical (unpaired) electrons. The lowest BCUT2D eigenvalue weighted by Gasteiger charge is -2.29. The van der Waals surface area contributed by atoms with Gasteiger partial charge in [0.25, 0.3) is 5.91 Å². The molecule has 3 aliphatic heterocycles. The average Bonchev–Trinajstić information content (AvgIpc) is 3.37. The maximum atomic E-state index is 13.4. The fraction of sp³-hybridized carbons (Fsp3) is 0.480. The lowest BCUT2D eigenvalue weighted by molar-refractivity contribution is -0.120. The number of piperidine rings is 1. The summed E-state index contributed by atoms with van der Waals surface area (Å²) in [5, 5.41) is 6.83. The molecule has 194 valence electrons. The van der Waals surface area contributed by atoms with Crippen molar-refractivity contribution >= 4 is 56.0 Å². The SMILES string of the molecule is O=C1CN(c2cccc(C(=O)Nc3cc4sc(N5CCOCC5)nc4nc3N3CCCCC3)n2)CCN1. The number of nitrogens with one attached hydrogen (secondary N) is 2. The molecule has 2 amide bonds. The smallest absolute Gasteiger partial charge is 0.274 e. The van der Waals surface area contributed by atoms with E-state index in [-0.39, 0.29) is 18.4 Å². The number of pyridine rings is 2. The Kier molecular flexibility index (Phi) is 6.75. The van der Waals surface area contributed by atoms with Gasteiger partial charge in [0.2, 0.25) is 5.91 Å². The van der Waals surface area contributed by atoms with E-state index in [0.717, 1.165) is 54.7 Å². The number of aromatic nitrogens is 3. The van der Waals surface area contributed by atoms with Crippen LogP contribution in [0.5, 0.6) is 0 Å². The summed E-state index contributed by atoms with van der Waals surface area (Å²) in [6, 6.07) is 7.31. The zero-order chi connectivity index (χ0) is 25.2. The second-order valence-corrected chi connectivity index (χ2v) is 10.4. The first-order valence-electron chi connectivity index (χ1n) is 12.8. The average molecular weight is 523 g/mol. The molecule has 3 aromatic heterocycles. The minimum atomic E-state index is -0.305. The molecular formula is C25H30N8O3S. The Bertz CT molecular complexity index is 1300. The van der Waals surface area contributed by atoms with Gasteiger partial charge in [-0.2, -0.15) is 4.98 Å². The van der Waals surface area contributed by atoms with Crippen molar-refractivity contribution in [2.75, 3.05) is 79.0 Å². The molecule has 3 saturated heterocycles. The molecule has 3 aromatic rings. The number of carbonyl (C=O) groups excluding carboxylic acids is 2. The fourth-order valence-electron chi connectivity index (χ4n) is 4.92. The summed E-state index contributed by atoms with van der Waals surface area (Å²) < 4.78 is 6.42. The second-order valence-electron chi connectivity index (χ2n) is 9.43. The minimum absolute atomic E-state index is 0.0468. The Balaban J connectivity index is 1.30. The number of amides is 2. The summed E-state index contributed by atoms with van der Waals surface area (Å²) in [6.45, 7) is 6.24. The van der Waals surface area contributed by atoms with Crippen molar-refractivity contribution in [3.63, 3.8) is 0 Å². The van der Waals surface area contributed by atoms with E-state index in [1.807, 2.05) is 17.0 Å². The van der Waals surface area contributed by atoms with Gasteiger partial charge in [0.1, 0.15) is 11.5 Å². The van der Waals surface area contributed by atoms with E-state index >= 15 is 0 Å². The molecule has 0 aliphatic carbocycles. The highest BCUT2D eigenvalue weighted by molar-refractivity contribution is 7.22. The van der Waals surface area contributed by atoms with Gasteiger partial charge in [-0.1, -0.05) is 17.4 Å². The van der Waals surface area contributed by atoms with Gasteiger partial charge in [0, 0.05) is 39.3 Å². The Hall–Kier alpha value is -3.51. The molecule has 0 atom stereocenters. The normalized spacial score (nSPS) is 18.7. The summed E-state index contributed by atoms with van der Waals surface area (Å²) >= 11 is 1.58. The van der Waals surface area contributed by atoms with Crippen molar-refractivity contribution in [2.24, 2.45) is 0 Å². The van der Waals surface area contributed by atoms with E-state index in [4.69, 9.17) is 14.7 Å². The van der Waals surface area contributed by atoms with Gasteiger partial charge < -0.3 is 30.1 Å². The maximum absolute atomic E-state index is 13.4. The van der Waals surface area contributed by atoms with Crippen molar-refractivity contribution in [1.29, 1.82) is 0 Å². The van der Waals surface area contributed by atoms with Crippen LogP contribution >= 0.6 is 11.3 Å². The molecule has 6 heterocycles. The Morgan fingerprint density at radius 2 is 1.81 bits per heavy atom. The van der Waals surface area contributed by atoms with Crippen LogP contribution in [0.15, 0.2) is 24.3 Å². The van der Waals surface area contributed by atoms with Crippen LogP contribution in [0.25, 0.3) is 10.3 Å². The lowest BCUT2D eigenvalue weighted by Crippen LogP contribution is -2.48. The summed E-state index contributed by atoms with van der Waals surface area (Å²) in [5.74, 6) is 1.02. The molecule has 0 unspecified atom stereocenters. The Labute approximate surface area is 218 Å². The zero-order valence-corrected chi connectivity index (χ0v) is 21.4. The zero-order valence-electron chi connectivity index (χ0n) is 20.6. The van der Waals surface area contributed by atoms with E-state index in [0.29, 0.717) is 49.1 Å². The molecule has 37 heavy (non-hydrogen) atoms. The van der Waals surface area contributed by atoms with Gasteiger partial charge in [-0.3, -0.25) is 9.59 Å². The fourth-order valence-corrected chi connectivity index (χ4v) is 5.92. The second kappa shape index (κ2) is 10.5. The van der Waals surface area contributed by atoms with Crippen molar-refractivity contribution in [1.82, 2.24) is 20.3 Å². The van der Waals surface area contributed by atoms with Crippen LogP contribution < -0.4 is 25.3 Å². The van der Waals surface area contributed by atoms with E-state index in [2.05, 4.69) is 25.4 Å². The summed E-state index contributed by atoms with van der Waals surface area (Å²) in [4.78, 5) is 45.9. The van der Waals surface area contributed by atoms with Crippen LogP contribution in [0.3, 0.4) is 0 Å². The molecule has 0 spiro atoms. The lowest BCUT2D eigenvalue weighted by atomic mass is 10.1. The summed E-state index contributed by atoms with van der Waals surface area (Å²) in [7, 11) is 0. The van der Waals surface area contributed by atoms with Crippen LogP contribution in [0.1, 0.15) is 29.8 Å². The van der Waals surface area contributed by atoms with Crippen molar-refractivity contribution in [3.05, 3.63) is 30.0 Å². The van der Waals surface area contributed by atoms with Crippen molar-refractivity contribution in [3.8, 4) is 0 Å². The summed E-state index contributed by atoms with van der Waals surface area (Å²) in [6.07, 6.45) is 3.38. The first-order chi connectivity index (χ1) is 18.1. The number of thiazole rings is 1. The molecule has 0 bridgehead atoms. The van der Waals surface area contributed by atoms with E-state index < -0.39 is 0 Å². The number of hydrogen-bond acceptors (Lipinski definition) is 10. The number of morpholine rings is 1. The number of carbonyl (C=O) groups is 2. The van der Waals surface area contributed by atoms with Gasteiger partial charge in [0.05, 0.1) is 30.1 Å². The topological polar surface area (TPSA) is 116 Å². The minimum Gasteiger partial charge on any atom is -0.378 e. The molecule has 11 nitrogen and oxygen atoms in total. The van der Waals surface area contributed by atoms with Crippen LogP contribution in [0, 0.1) is 0 Å². The maximum Gasteiger partial charge on any atom is 0.274 e. The van der Waals surface area contributed by atoms with Crippen molar-refractivity contribution in [2.45, 2.75) is 19.3 Å². The molecule has 6 rings (SSSR count). The van der Waals surface area contributed by atoms with Crippen LogP contribution in [-0.4, -0.2) is 85.8 Å². The number of anilines is 4. The van der Waals surface area contributed by atoms with Crippen LogP contribution in [-0.2, 0) is 9.53 Å². The Morgan fingerprint density at radius 3 is 2.62 bits per heavy atom. The van der Waals surface area contributed by atoms with Gasteiger partial charge in [-0.25, -0.2) is 9.97 Å². The highest BCUT2D eigenvalue weighted by Gasteiger charge is 2.23. The molecule has 3 fully saturated rings. The highest BCUT2D eigenvalue weighted by atomic mass is 32.1. The van der Waals surface area contributed by atoms with Crippen molar-refractivity contribution < 1.29 is 14.3 Å². The predicted molar refractivity (Wildman–Crippen MR) is 144 cm³/mol. The van der Waals surface area contributed by atoms with Crippen LogP contribution in [0.2, 0.25) is 0 Å². The van der Waals surface area contributed by atoms with Gasteiger partial charge in [-0.05, 0) is 37.5 Å². The molecule has 0 aromatic carbocycles. The molecule has 2 N–H and O–H groups in total. The van der Waals surface area contributed by atoms with Gasteiger partial charge in [0.15, 0.2) is 16.6 Å². The first kappa shape index (κ1) is 23.9. The largest absolute Gasteiger partial charge is 0.378 e. The van der Waals surface area contributed by atoms with Crippen LogP contribution in [0.4, 0.5) is 22.5 Å². The highest BCUT2D eigenvalue weighted by Crippen LogP contribution is 2.35. The third kappa shape index (κ3) is 5.16. The summed E-state index contributed by atoms with van der Waals surface area (Å²) in [5.41, 5.74) is 1.67. The third-order valence-corrected chi connectivity index (χ3v) is 7.92. The van der Waals surface area contributed by atoms with E-state index in [1.165, 1.54) is 6.42 Å². The molecular weight excluding hydrogens is 492 g/mol. The number of hydrogen-bond donors (Lipinski definition) is 2. The molecule has 12 heteroatoms. The standard InChI is InChI=1S/C25H30N8O3S/c34-21-16-33(10-7-26-21)20-6-4-5-17(27-20)24(35)28-18-15-19-22(29-23(18)31-8-2-1-3-9-31)30-25(37-19)32-11-13-36-14-12-32/h4-6,15H,1-3,7-14,16H2,(H,26,34)(H,28,35). The number of rotatable bonds is 5. The first-order valence-corrected chi connectivity index (χ1v) is 13.6. The molecule has 3 aliphatic rings. The predicted octanol–water partition coefficient (Wildman–Crippen LogP) is 2.10. The molecule has 0 saturated carbocycles. The quantitative estimate of drug-likeness (QED) is 0.520.